The van der Waals surface area contributed by atoms with E-state index in [2.05, 4.69) is 86.3 Å². The summed E-state index contributed by atoms with van der Waals surface area (Å²) in [4.78, 5) is 12.3. The number of hydrogen-bond donors (Lipinski definition) is 0. The topological polar surface area (TPSA) is 44.8 Å². The Bertz CT molecular complexity index is 779. The van der Waals surface area contributed by atoms with Crippen LogP contribution in [0.5, 0.6) is 0 Å². The van der Waals surface area contributed by atoms with Gasteiger partial charge in [0.05, 0.1) is 19.1 Å². The highest BCUT2D eigenvalue weighted by Gasteiger charge is 2.45. The predicted octanol–water partition coefficient (Wildman–Crippen LogP) is 8.38. The molecule has 0 saturated heterocycles. The van der Waals surface area contributed by atoms with E-state index in [1.807, 2.05) is 18.2 Å². The molecule has 0 fully saturated rings. The minimum atomic E-state index is -1.98. The summed E-state index contributed by atoms with van der Waals surface area (Å²) < 4.78 is 19.4. The molecular formula is C31H54O4Si2. The summed E-state index contributed by atoms with van der Waals surface area (Å²) in [6, 6.07) is 13.3. The maximum atomic E-state index is 12.3. The molecule has 0 saturated carbocycles. The van der Waals surface area contributed by atoms with Crippen LogP contribution in [0.2, 0.25) is 34.8 Å². The zero-order valence-electron chi connectivity index (χ0n) is 25.1. The fraction of sp³-hybridized carbons (Fsp3) is 0.710. The van der Waals surface area contributed by atoms with E-state index in [0.29, 0.717) is 49.3 Å². The summed E-state index contributed by atoms with van der Waals surface area (Å²) in [6.45, 7) is 22.2. The number of hydrogen-bond acceptors (Lipinski definition) is 4. The Labute approximate surface area is 230 Å². The van der Waals surface area contributed by atoms with E-state index in [9.17, 15) is 4.79 Å². The molecule has 4 nitrogen and oxygen atoms in total. The second-order valence-electron chi connectivity index (χ2n) is 11.1. The van der Waals surface area contributed by atoms with Crippen LogP contribution < -0.4 is 0 Å². The average Bonchev–Trinajstić information content (AvgIpc) is 2.88. The van der Waals surface area contributed by atoms with E-state index >= 15 is 0 Å². The second-order valence-corrected chi connectivity index (χ2v) is 21.3. The summed E-state index contributed by atoms with van der Waals surface area (Å²) in [5.41, 5.74) is 2.71. The lowest BCUT2D eigenvalue weighted by atomic mass is 10.0. The van der Waals surface area contributed by atoms with Crippen LogP contribution in [-0.4, -0.2) is 42.2 Å². The van der Waals surface area contributed by atoms with Crippen LogP contribution in [0.3, 0.4) is 0 Å². The molecule has 1 rings (SSSR count). The molecule has 0 bridgehead atoms. The molecule has 0 amide bonds. The maximum absolute atomic E-state index is 12.3. The van der Waals surface area contributed by atoms with Gasteiger partial charge >= 0.3 is 0 Å². The van der Waals surface area contributed by atoms with Crippen LogP contribution in [0.4, 0.5) is 0 Å². The Morgan fingerprint density at radius 1 is 0.865 bits per heavy atom. The normalized spacial score (nSPS) is 14.1. The lowest BCUT2D eigenvalue weighted by Gasteiger charge is -2.42. The van der Waals surface area contributed by atoms with Crippen LogP contribution in [0, 0.1) is 17.8 Å². The highest BCUT2D eigenvalue weighted by atomic mass is 28.4. The SMILES string of the molecule is CC[Si](CC)(CC)O[C@@H](C#CCCOCc1ccccc1)[C@@H](C=O)CCO[Si](C(C)C)(C(C)C)C(C)C. The molecule has 1 aromatic carbocycles. The first kappa shape index (κ1) is 33.8. The second kappa shape index (κ2) is 17.4. The third-order valence-corrected chi connectivity index (χ3v) is 18.8. The smallest absolute Gasteiger partial charge is 0.200 e. The van der Waals surface area contributed by atoms with Crippen LogP contribution >= 0.6 is 0 Å². The van der Waals surface area contributed by atoms with E-state index in [4.69, 9.17) is 13.6 Å². The summed E-state index contributed by atoms with van der Waals surface area (Å²) in [5.74, 6) is 6.34. The fourth-order valence-corrected chi connectivity index (χ4v) is 14.0. The van der Waals surface area contributed by atoms with Crippen molar-refractivity contribution in [2.75, 3.05) is 13.2 Å². The third-order valence-electron chi connectivity index (χ3n) is 8.11. The van der Waals surface area contributed by atoms with Gasteiger partial charge < -0.3 is 18.4 Å². The quantitative estimate of drug-likeness (QED) is 0.0802. The summed E-state index contributed by atoms with van der Waals surface area (Å²) in [6.07, 6.45) is 1.95. The first-order chi connectivity index (χ1) is 17.6. The molecule has 0 radical (unpaired) electrons. The molecule has 37 heavy (non-hydrogen) atoms. The molecule has 210 valence electrons. The van der Waals surface area contributed by atoms with Crippen molar-refractivity contribution in [3.8, 4) is 11.8 Å². The molecular weight excluding hydrogens is 493 g/mol. The molecule has 0 heterocycles. The maximum Gasteiger partial charge on any atom is 0.200 e. The third kappa shape index (κ3) is 10.1. The molecule has 0 aliphatic carbocycles. The number of aldehydes is 1. The zero-order valence-corrected chi connectivity index (χ0v) is 27.1. The highest BCUT2D eigenvalue weighted by molar-refractivity contribution is 6.77. The molecule has 0 aliphatic rings. The molecule has 1 aromatic rings. The highest BCUT2D eigenvalue weighted by Crippen LogP contribution is 2.42. The van der Waals surface area contributed by atoms with E-state index in [0.717, 1.165) is 30.0 Å². The predicted molar refractivity (Wildman–Crippen MR) is 162 cm³/mol. The van der Waals surface area contributed by atoms with Crippen molar-refractivity contribution in [1.82, 2.24) is 0 Å². The van der Waals surface area contributed by atoms with Crippen molar-refractivity contribution in [3.05, 3.63) is 35.9 Å². The Kier molecular flexibility index (Phi) is 15.9. The Hall–Kier alpha value is -1.24. The largest absolute Gasteiger partial charge is 0.416 e. The number of carbonyl (C=O) groups excluding carboxylic acids is 1. The van der Waals surface area contributed by atoms with Gasteiger partial charge in [-0.25, -0.2) is 0 Å². The standard InChI is InChI=1S/C31H54O4Si2/c1-10-36(11-2,12-3)35-31(20-16-17-22-33-25-29-18-14-13-15-19-29)30(24-32)21-23-34-37(26(4)5,27(6)7)28(8)9/h13-15,18-19,24,26-28,30-31H,10-12,17,21-23,25H2,1-9H3/t30-,31+/m1/s1. The summed E-state index contributed by atoms with van der Waals surface area (Å²) in [5, 5.41) is 0. The molecule has 2 atom stereocenters. The van der Waals surface area contributed by atoms with Gasteiger partial charge in [0, 0.05) is 13.0 Å². The molecule has 6 heteroatoms. The molecule has 0 aliphatic heterocycles. The summed E-state index contributed by atoms with van der Waals surface area (Å²) in [7, 11) is -3.91. The van der Waals surface area contributed by atoms with E-state index in [-0.39, 0.29) is 12.0 Å². The molecule has 0 N–H and O–H groups in total. The van der Waals surface area contributed by atoms with Crippen molar-refractivity contribution in [2.45, 2.75) is 123 Å². The van der Waals surface area contributed by atoms with Gasteiger partial charge in [0.1, 0.15) is 12.4 Å². The van der Waals surface area contributed by atoms with Crippen LogP contribution in [0.15, 0.2) is 30.3 Å². The first-order valence-corrected chi connectivity index (χ1v) is 19.2. The van der Waals surface area contributed by atoms with E-state index < -0.39 is 16.6 Å². The van der Waals surface area contributed by atoms with Gasteiger partial charge in [-0.3, -0.25) is 0 Å². The Balaban J connectivity index is 2.94. The average molecular weight is 547 g/mol. The number of rotatable bonds is 18. The van der Waals surface area contributed by atoms with Crippen molar-refractivity contribution in [3.63, 3.8) is 0 Å². The minimum Gasteiger partial charge on any atom is -0.416 e. The van der Waals surface area contributed by atoms with Crippen molar-refractivity contribution in [1.29, 1.82) is 0 Å². The van der Waals surface area contributed by atoms with Gasteiger partial charge in [-0.2, -0.15) is 0 Å². The van der Waals surface area contributed by atoms with Gasteiger partial charge in [0.15, 0.2) is 16.6 Å². The molecule has 0 aromatic heterocycles. The molecule has 0 spiro atoms. The Morgan fingerprint density at radius 2 is 1.43 bits per heavy atom. The van der Waals surface area contributed by atoms with Gasteiger partial charge in [-0.05, 0) is 46.7 Å². The van der Waals surface area contributed by atoms with Crippen molar-refractivity contribution < 1.29 is 18.4 Å². The number of ether oxygens (including phenoxy) is 1. The monoisotopic (exact) mass is 546 g/mol. The fourth-order valence-electron chi connectivity index (χ4n) is 5.72. The zero-order chi connectivity index (χ0) is 27.9. The van der Waals surface area contributed by atoms with Gasteiger partial charge in [0.2, 0.25) is 0 Å². The Morgan fingerprint density at radius 3 is 1.92 bits per heavy atom. The van der Waals surface area contributed by atoms with Crippen LogP contribution in [0.25, 0.3) is 0 Å². The lowest BCUT2D eigenvalue weighted by Crippen LogP contribution is -2.48. The molecule has 0 unspecified atom stereocenters. The van der Waals surface area contributed by atoms with Crippen LogP contribution in [0.1, 0.15) is 80.7 Å². The van der Waals surface area contributed by atoms with Crippen molar-refractivity contribution >= 4 is 22.9 Å². The lowest BCUT2D eigenvalue weighted by molar-refractivity contribution is -0.113. The minimum absolute atomic E-state index is 0.285. The van der Waals surface area contributed by atoms with Crippen LogP contribution in [-0.2, 0) is 25.0 Å². The number of benzene rings is 1. The van der Waals surface area contributed by atoms with Gasteiger partial charge in [-0.1, -0.05) is 104 Å². The van der Waals surface area contributed by atoms with E-state index in [1.165, 1.54) is 0 Å². The van der Waals surface area contributed by atoms with E-state index in [1.54, 1.807) is 0 Å². The van der Waals surface area contributed by atoms with Gasteiger partial charge in [0.25, 0.3) is 0 Å². The van der Waals surface area contributed by atoms with Gasteiger partial charge in [-0.15, -0.1) is 0 Å². The van der Waals surface area contributed by atoms with Crippen molar-refractivity contribution in [2.24, 2.45) is 5.92 Å². The first-order valence-electron chi connectivity index (χ1n) is 14.5. The number of carbonyl (C=O) groups is 1. The summed E-state index contributed by atoms with van der Waals surface area (Å²) >= 11 is 0.